The smallest absolute Gasteiger partial charge is 0.262 e. The molecule has 100 valence electrons. The van der Waals surface area contributed by atoms with Crippen LogP contribution in [-0.4, -0.2) is 42.4 Å². The number of alkyl halides is 2. The minimum Gasteiger partial charge on any atom is -0.338 e. The summed E-state index contributed by atoms with van der Waals surface area (Å²) in [5.41, 5.74) is 0. The molecule has 2 atom stereocenters. The number of likely N-dealkylation sites (tertiary alicyclic amines) is 1. The van der Waals surface area contributed by atoms with Gasteiger partial charge in [-0.1, -0.05) is 6.92 Å². The Balaban J connectivity index is 0.00000144. The maximum Gasteiger partial charge on any atom is 0.262 e. The summed E-state index contributed by atoms with van der Waals surface area (Å²) in [5, 5.41) is 2.71. The Kier molecular flexibility index (Phi) is 4.72. The van der Waals surface area contributed by atoms with Gasteiger partial charge in [-0.3, -0.25) is 4.79 Å². The summed E-state index contributed by atoms with van der Waals surface area (Å²) in [7, 11) is 0. The fourth-order valence-electron chi connectivity index (χ4n) is 2.58. The number of nitrogens with zero attached hydrogens (tertiary/aromatic N) is 1. The Bertz CT molecular complexity index is 289. The number of hydrogen-bond donors (Lipinski definition) is 1. The molecule has 0 aliphatic carbocycles. The van der Waals surface area contributed by atoms with Crippen LogP contribution in [0.25, 0.3) is 0 Å². The second kappa shape index (κ2) is 5.48. The van der Waals surface area contributed by atoms with E-state index in [2.05, 4.69) is 5.32 Å². The van der Waals surface area contributed by atoms with E-state index in [9.17, 15) is 13.6 Å². The van der Waals surface area contributed by atoms with Crippen molar-refractivity contribution < 1.29 is 13.6 Å². The molecule has 3 nitrogen and oxygen atoms in total. The van der Waals surface area contributed by atoms with Crippen molar-refractivity contribution in [1.82, 2.24) is 10.2 Å². The lowest BCUT2D eigenvalue weighted by Crippen LogP contribution is -2.57. The molecule has 0 aromatic carbocycles. The summed E-state index contributed by atoms with van der Waals surface area (Å²) >= 11 is 0. The van der Waals surface area contributed by atoms with Gasteiger partial charge < -0.3 is 10.2 Å². The van der Waals surface area contributed by atoms with Gasteiger partial charge in [0.05, 0.1) is 6.54 Å². The largest absolute Gasteiger partial charge is 0.338 e. The van der Waals surface area contributed by atoms with E-state index in [1.165, 1.54) is 0 Å². The quantitative estimate of drug-likeness (QED) is 0.785. The van der Waals surface area contributed by atoms with Crippen LogP contribution in [0.4, 0.5) is 8.78 Å². The highest BCUT2D eigenvalue weighted by Crippen LogP contribution is 2.28. The summed E-state index contributed by atoms with van der Waals surface area (Å²) < 4.78 is 26.5. The third-order valence-electron chi connectivity index (χ3n) is 3.48. The van der Waals surface area contributed by atoms with E-state index >= 15 is 0 Å². The summed E-state index contributed by atoms with van der Waals surface area (Å²) in [4.78, 5) is 13.5. The van der Waals surface area contributed by atoms with Crippen molar-refractivity contribution in [1.29, 1.82) is 0 Å². The van der Waals surface area contributed by atoms with Crippen molar-refractivity contribution in [2.24, 2.45) is 5.92 Å². The molecule has 2 aliphatic rings. The molecular formula is C11H19ClF2N2O. The minimum atomic E-state index is -2.68. The Hall–Kier alpha value is -0.420. The number of carbonyl (C=O) groups excluding carboxylic acids is 1. The predicted molar refractivity (Wildman–Crippen MR) is 63.6 cm³/mol. The lowest BCUT2D eigenvalue weighted by atomic mass is 9.94. The van der Waals surface area contributed by atoms with Crippen molar-refractivity contribution in [2.45, 2.75) is 38.2 Å². The zero-order chi connectivity index (χ0) is 11.8. The van der Waals surface area contributed by atoms with Gasteiger partial charge in [0, 0.05) is 31.5 Å². The van der Waals surface area contributed by atoms with Gasteiger partial charge in [0.25, 0.3) is 5.92 Å². The highest BCUT2D eigenvalue weighted by molar-refractivity contribution is 5.85. The van der Waals surface area contributed by atoms with Crippen molar-refractivity contribution in [3.05, 3.63) is 0 Å². The Morgan fingerprint density at radius 1 is 1.47 bits per heavy atom. The van der Waals surface area contributed by atoms with E-state index in [0.717, 1.165) is 12.8 Å². The molecule has 0 radical (unpaired) electrons. The molecule has 2 fully saturated rings. The maximum absolute atomic E-state index is 13.2. The number of hydrogen-bond acceptors (Lipinski definition) is 2. The van der Waals surface area contributed by atoms with Gasteiger partial charge in [-0.2, -0.15) is 0 Å². The predicted octanol–water partition coefficient (Wildman–Crippen LogP) is 1.66. The highest BCUT2D eigenvalue weighted by Gasteiger charge is 2.41. The summed E-state index contributed by atoms with van der Waals surface area (Å²) in [6, 6.07) is -0.334. The highest BCUT2D eigenvalue weighted by atomic mass is 35.5. The molecular weight excluding hydrogens is 250 g/mol. The lowest BCUT2D eigenvalue weighted by molar-refractivity contribution is -0.144. The second-order valence-electron chi connectivity index (χ2n) is 4.92. The Morgan fingerprint density at radius 2 is 2.18 bits per heavy atom. The van der Waals surface area contributed by atoms with E-state index < -0.39 is 5.92 Å². The van der Waals surface area contributed by atoms with Crippen LogP contribution in [0.15, 0.2) is 0 Å². The van der Waals surface area contributed by atoms with Gasteiger partial charge in [-0.25, -0.2) is 8.78 Å². The van der Waals surface area contributed by atoms with Crippen molar-refractivity contribution in [2.75, 3.05) is 19.6 Å². The molecule has 2 rings (SSSR count). The lowest BCUT2D eigenvalue weighted by Gasteiger charge is -2.41. The van der Waals surface area contributed by atoms with Gasteiger partial charge in [-0.15, -0.1) is 12.4 Å². The Labute approximate surface area is 106 Å². The summed E-state index contributed by atoms with van der Waals surface area (Å²) in [6.07, 6.45) is 1.61. The molecule has 2 heterocycles. The summed E-state index contributed by atoms with van der Waals surface area (Å²) in [5.74, 6) is -2.65. The first-order valence-electron chi connectivity index (χ1n) is 5.89. The van der Waals surface area contributed by atoms with Crippen LogP contribution < -0.4 is 5.32 Å². The van der Waals surface area contributed by atoms with E-state index in [0.29, 0.717) is 13.1 Å². The normalized spacial score (nSPS) is 33.1. The average molecular weight is 269 g/mol. The molecule has 0 spiro atoms. The van der Waals surface area contributed by atoms with Gasteiger partial charge in [-0.05, 0) is 12.8 Å². The average Bonchev–Trinajstić information content (AvgIpc) is 2.20. The molecule has 6 heteroatoms. The van der Waals surface area contributed by atoms with Crippen molar-refractivity contribution in [3.8, 4) is 0 Å². The first-order valence-corrected chi connectivity index (χ1v) is 5.89. The van der Waals surface area contributed by atoms with Crippen LogP contribution in [0.1, 0.15) is 26.2 Å². The first kappa shape index (κ1) is 14.6. The van der Waals surface area contributed by atoms with Crippen LogP contribution >= 0.6 is 12.4 Å². The standard InChI is InChI=1S/C11H18F2N2O.ClH/c1-8-3-2-4-15(10(8)16)9-5-11(12,13)7-14-6-9;/h8-9,14H,2-7H2,1H3;1H/t8?,9-;/m1./s1. The molecule has 1 unspecified atom stereocenters. The molecule has 2 saturated heterocycles. The van der Waals surface area contributed by atoms with E-state index in [4.69, 9.17) is 0 Å². The van der Waals surface area contributed by atoms with Crippen LogP contribution in [0.3, 0.4) is 0 Å². The SMILES string of the molecule is CC1CCCN([C@H]2CNCC(F)(F)C2)C1=O.Cl. The molecule has 1 N–H and O–H groups in total. The molecule has 0 bridgehead atoms. The van der Waals surface area contributed by atoms with Gasteiger partial charge in [0.15, 0.2) is 0 Å². The van der Waals surface area contributed by atoms with Crippen molar-refractivity contribution in [3.63, 3.8) is 0 Å². The zero-order valence-corrected chi connectivity index (χ0v) is 10.7. The maximum atomic E-state index is 13.2. The topological polar surface area (TPSA) is 32.3 Å². The Morgan fingerprint density at radius 3 is 2.82 bits per heavy atom. The number of carbonyl (C=O) groups is 1. The molecule has 0 saturated carbocycles. The number of amides is 1. The van der Waals surface area contributed by atoms with E-state index in [-0.39, 0.29) is 43.2 Å². The number of piperidine rings is 2. The van der Waals surface area contributed by atoms with Gasteiger partial charge in [0.1, 0.15) is 0 Å². The van der Waals surface area contributed by atoms with Crippen LogP contribution in [0.2, 0.25) is 0 Å². The minimum absolute atomic E-state index is 0. The number of nitrogens with one attached hydrogen (secondary N) is 1. The molecule has 0 aromatic rings. The van der Waals surface area contributed by atoms with Gasteiger partial charge >= 0.3 is 0 Å². The summed E-state index contributed by atoms with van der Waals surface area (Å²) in [6.45, 7) is 2.74. The van der Waals surface area contributed by atoms with Crippen molar-refractivity contribution >= 4 is 18.3 Å². The van der Waals surface area contributed by atoms with Crippen LogP contribution in [-0.2, 0) is 4.79 Å². The fraction of sp³-hybridized carbons (Fsp3) is 0.909. The second-order valence-corrected chi connectivity index (χ2v) is 4.92. The zero-order valence-electron chi connectivity index (χ0n) is 9.92. The number of halogens is 3. The number of rotatable bonds is 1. The first-order chi connectivity index (χ1) is 7.49. The fourth-order valence-corrected chi connectivity index (χ4v) is 2.58. The molecule has 17 heavy (non-hydrogen) atoms. The molecule has 2 aliphatic heterocycles. The monoisotopic (exact) mass is 268 g/mol. The van der Waals surface area contributed by atoms with E-state index in [1.54, 1.807) is 4.90 Å². The third-order valence-corrected chi connectivity index (χ3v) is 3.48. The molecule has 0 aromatic heterocycles. The van der Waals surface area contributed by atoms with Crippen LogP contribution in [0, 0.1) is 5.92 Å². The van der Waals surface area contributed by atoms with Gasteiger partial charge in [0.2, 0.25) is 5.91 Å². The molecule has 1 amide bonds. The van der Waals surface area contributed by atoms with Crippen LogP contribution in [0.5, 0.6) is 0 Å². The third kappa shape index (κ3) is 3.28. The van der Waals surface area contributed by atoms with E-state index in [1.807, 2.05) is 6.92 Å².